The SMILES string of the molecule is O=S(=O)(Nc1ncccc1Br)c1ccc(F)c(CO)c1F. The molecule has 0 bridgehead atoms. The van der Waals surface area contributed by atoms with Crippen LogP contribution in [0.5, 0.6) is 0 Å². The molecule has 0 aliphatic rings. The molecule has 1 heterocycles. The molecule has 0 saturated heterocycles. The predicted octanol–water partition coefficient (Wildman–Crippen LogP) is 2.42. The predicted molar refractivity (Wildman–Crippen MR) is 75.0 cm³/mol. The van der Waals surface area contributed by atoms with Gasteiger partial charge in [0.25, 0.3) is 10.0 Å². The Bertz CT molecular complexity index is 784. The quantitative estimate of drug-likeness (QED) is 0.855. The Morgan fingerprint density at radius 2 is 2.00 bits per heavy atom. The van der Waals surface area contributed by atoms with Crippen LogP contribution in [0.4, 0.5) is 14.6 Å². The molecule has 0 saturated carbocycles. The molecule has 1 aromatic heterocycles. The zero-order valence-electron chi connectivity index (χ0n) is 10.3. The van der Waals surface area contributed by atoms with Crippen LogP contribution < -0.4 is 4.72 Å². The van der Waals surface area contributed by atoms with Crippen molar-refractivity contribution in [2.75, 3.05) is 4.72 Å². The van der Waals surface area contributed by atoms with E-state index in [1.807, 2.05) is 0 Å². The van der Waals surface area contributed by atoms with Crippen molar-refractivity contribution in [1.29, 1.82) is 0 Å². The molecule has 0 aliphatic heterocycles. The number of anilines is 1. The van der Waals surface area contributed by atoms with Gasteiger partial charge in [0, 0.05) is 6.20 Å². The van der Waals surface area contributed by atoms with Crippen molar-refractivity contribution < 1.29 is 22.3 Å². The highest BCUT2D eigenvalue weighted by molar-refractivity contribution is 9.10. The minimum atomic E-state index is -4.31. The van der Waals surface area contributed by atoms with Gasteiger partial charge in [-0.25, -0.2) is 22.2 Å². The Morgan fingerprint density at radius 1 is 1.29 bits per heavy atom. The second-order valence-corrected chi connectivity index (χ2v) is 6.44. The van der Waals surface area contributed by atoms with Crippen LogP contribution in [-0.2, 0) is 16.6 Å². The Morgan fingerprint density at radius 3 is 2.62 bits per heavy atom. The van der Waals surface area contributed by atoms with Gasteiger partial charge in [-0.1, -0.05) is 0 Å². The Hall–Kier alpha value is -1.58. The fourth-order valence-corrected chi connectivity index (χ4v) is 3.19. The first-order valence-corrected chi connectivity index (χ1v) is 7.85. The highest BCUT2D eigenvalue weighted by Gasteiger charge is 2.24. The summed E-state index contributed by atoms with van der Waals surface area (Å²) in [5.74, 6) is -2.39. The Balaban J connectivity index is 2.48. The summed E-state index contributed by atoms with van der Waals surface area (Å²) in [6, 6.07) is 4.68. The second kappa shape index (κ2) is 6.04. The Labute approximate surface area is 127 Å². The van der Waals surface area contributed by atoms with E-state index in [0.29, 0.717) is 4.47 Å². The van der Waals surface area contributed by atoms with Crippen LogP contribution in [0.25, 0.3) is 0 Å². The zero-order chi connectivity index (χ0) is 15.6. The van der Waals surface area contributed by atoms with E-state index < -0.39 is 38.7 Å². The zero-order valence-corrected chi connectivity index (χ0v) is 12.7. The Kier molecular flexibility index (Phi) is 4.55. The summed E-state index contributed by atoms with van der Waals surface area (Å²) in [6.45, 7) is -0.950. The lowest BCUT2D eigenvalue weighted by Crippen LogP contribution is -2.17. The molecule has 9 heteroatoms. The number of rotatable bonds is 4. The average molecular weight is 379 g/mol. The summed E-state index contributed by atoms with van der Waals surface area (Å²) in [5.41, 5.74) is -0.710. The molecule has 2 rings (SSSR count). The normalized spacial score (nSPS) is 11.4. The molecule has 112 valence electrons. The van der Waals surface area contributed by atoms with Crippen molar-refractivity contribution in [2.45, 2.75) is 11.5 Å². The van der Waals surface area contributed by atoms with Crippen LogP contribution in [0, 0.1) is 11.6 Å². The third-order valence-electron chi connectivity index (χ3n) is 2.59. The number of benzene rings is 1. The van der Waals surface area contributed by atoms with Crippen LogP contribution in [0.2, 0.25) is 0 Å². The van der Waals surface area contributed by atoms with E-state index in [-0.39, 0.29) is 5.82 Å². The minimum Gasteiger partial charge on any atom is -0.391 e. The van der Waals surface area contributed by atoms with E-state index in [2.05, 4.69) is 25.6 Å². The molecule has 0 aliphatic carbocycles. The largest absolute Gasteiger partial charge is 0.391 e. The van der Waals surface area contributed by atoms with Gasteiger partial charge in [-0.2, -0.15) is 0 Å². The molecule has 0 spiro atoms. The summed E-state index contributed by atoms with van der Waals surface area (Å²) < 4.78 is 54.0. The topological polar surface area (TPSA) is 79.3 Å². The lowest BCUT2D eigenvalue weighted by atomic mass is 10.2. The van der Waals surface area contributed by atoms with Crippen LogP contribution in [0.3, 0.4) is 0 Å². The number of aromatic nitrogens is 1. The van der Waals surface area contributed by atoms with Gasteiger partial charge in [0.15, 0.2) is 11.6 Å². The summed E-state index contributed by atoms with van der Waals surface area (Å²) >= 11 is 3.10. The average Bonchev–Trinajstić information content (AvgIpc) is 2.41. The van der Waals surface area contributed by atoms with E-state index in [9.17, 15) is 17.2 Å². The molecule has 5 nitrogen and oxygen atoms in total. The molecular weight excluding hydrogens is 370 g/mol. The maximum absolute atomic E-state index is 14.0. The summed E-state index contributed by atoms with van der Waals surface area (Å²) in [7, 11) is -4.31. The molecule has 1 aromatic carbocycles. The van der Waals surface area contributed by atoms with Crippen molar-refractivity contribution >= 4 is 31.8 Å². The fourth-order valence-electron chi connectivity index (χ4n) is 1.57. The summed E-state index contributed by atoms with van der Waals surface area (Å²) in [4.78, 5) is 3.02. The number of hydrogen-bond donors (Lipinski definition) is 2. The first-order chi connectivity index (χ1) is 9.86. The number of nitrogens with zero attached hydrogens (tertiary/aromatic N) is 1. The van der Waals surface area contributed by atoms with Crippen LogP contribution in [-0.4, -0.2) is 18.5 Å². The van der Waals surface area contributed by atoms with Gasteiger partial charge >= 0.3 is 0 Å². The van der Waals surface area contributed by atoms with Gasteiger partial charge < -0.3 is 5.11 Å². The number of aliphatic hydroxyl groups excluding tert-OH is 1. The number of sulfonamides is 1. The van der Waals surface area contributed by atoms with Crippen molar-refractivity contribution in [3.8, 4) is 0 Å². The third kappa shape index (κ3) is 3.20. The van der Waals surface area contributed by atoms with Crippen molar-refractivity contribution in [3.63, 3.8) is 0 Å². The van der Waals surface area contributed by atoms with Gasteiger partial charge in [0.1, 0.15) is 10.7 Å². The standard InChI is InChI=1S/C12H9BrF2N2O3S/c13-8-2-1-5-16-12(8)17-21(19,20)10-4-3-9(14)7(6-18)11(10)15/h1-5,18H,6H2,(H,16,17). The number of halogens is 3. The lowest BCUT2D eigenvalue weighted by Gasteiger charge is -2.11. The van der Waals surface area contributed by atoms with Gasteiger partial charge in [0.05, 0.1) is 16.6 Å². The fraction of sp³-hybridized carbons (Fsp3) is 0.0833. The maximum atomic E-state index is 14.0. The van der Waals surface area contributed by atoms with E-state index in [4.69, 9.17) is 5.11 Å². The van der Waals surface area contributed by atoms with Crippen LogP contribution in [0.1, 0.15) is 5.56 Å². The molecule has 0 unspecified atom stereocenters. The van der Waals surface area contributed by atoms with Gasteiger partial charge in [-0.05, 0) is 40.2 Å². The molecular formula is C12H9BrF2N2O3S. The molecule has 0 atom stereocenters. The maximum Gasteiger partial charge on any atom is 0.266 e. The molecule has 2 N–H and O–H groups in total. The van der Waals surface area contributed by atoms with Gasteiger partial charge in [0.2, 0.25) is 0 Å². The van der Waals surface area contributed by atoms with Gasteiger partial charge in [-0.15, -0.1) is 0 Å². The first-order valence-electron chi connectivity index (χ1n) is 5.58. The van der Waals surface area contributed by atoms with Crippen molar-refractivity contribution in [3.05, 3.63) is 52.1 Å². The summed E-state index contributed by atoms with van der Waals surface area (Å²) in [6.07, 6.45) is 1.35. The van der Waals surface area contributed by atoms with Crippen molar-refractivity contribution in [1.82, 2.24) is 4.98 Å². The van der Waals surface area contributed by atoms with E-state index in [0.717, 1.165) is 12.1 Å². The van der Waals surface area contributed by atoms with Crippen molar-refractivity contribution in [2.24, 2.45) is 0 Å². The lowest BCUT2D eigenvalue weighted by molar-refractivity contribution is 0.267. The number of aliphatic hydroxyl groups is 1. The molecule has 2 aromatic rings. The van der Waals surface area contributed by atoms with Crippen LogP contribution in [0.15, 0.2) is 39.8 Å². The molecule has 21 heavy (non-hydrogen) atoms. The van der Waals surface area contributed by atoms with E-state index in [1.54, 1.807) is 12.1 Å². The third-order valence-corrected chi connectivity index (χ3v) is 4.58. The number of nitrogens with one attached hydrogen (secondary N) is 1. The monoisotopic (exact) mass is 378 g/mol. The number of pyridine rings is 1. The van der Waals surface area contributed by atoms with Gasteiger partial charge in [-0.3, -0.25) is 4.72 Å². The minimum absolute atomic E-state index is 0.0354. The smallest absolute Gasteiger partial charge is 0.266 e. The highest BCUT2D eigenvalue weighted by atomic mass is 79.9. The number of hydrogen-bond acceptors (Lipinski definition) is 4. The van der Waals surface area contributed by atoms with E-state index >= 15 is 0 Å². The first kappa shape index (κ1) is 15.8. The highest BCUT2D eigenvalue weighted by Crippen LogP contribution is 2.25. The molecule has 0 fully saturated rings. The van der Waals surface area contributed by atoms with Crippen LogP contribution >= 0.6 is 15.9 Å². The van der Waals surface area contributed by atoms with E-state index in [1.165, 1.54) is 6.20 Å². The molecule has 0 amide bonds. The summed E-state index contributed by atoms with van der Waals surface area (Å²) in [5, 5.41) is 8.91. The second-order valence-electron chi connectivity index (χ2n) is 3.94. The molecule has 0 radical (unpaired) electrons.